The summed E-state index contributed by atoms with van der Waals surface area (Å²) in [6.07, 6.45) is 12.4. The topological polar surface area (TPSA) is 26.3 Å². The van der Waals surface area contributed by atoms with Gasteiger partial charge in [-0.2, -0.15) is 0 Å². The van der Waals surface area contributed by atoms with Gasteiger partial charge in [-0.15, -0.1) is 0 Å². The number of ether oxygens (including phenoxy) is 1. The molecule has 0 heterocycles. The third-order valence-corrected chi connectivity index (χ3v) is 9.03. The zero-order valence-corrected chi connectivity index (χ0v) is 17.9. The Balaban J connectivity index is 1.55. The largest absolute Gasteiger partial charge is 0.371 e. The van der Waals surface area contributed by atoms with Crippen LogP contribution in [-0.4, -0.2) is 18.5 Å². The van der Waals surface area contributed by atoms with Crippen LogP contribution in [0.5, 0.6) is 0 Å². The Morgan fingerprint density at radius 1 is 1.15 bits per heavy atom. The molecule has 27 heavy (non-hydrogen) atoms. The van der Waals surface area contributed by atoms with Crippen molar-refractivity contribution in [2.24, 2.45) is 34.5 Å². The lowest BCUT2D eigenvalue weighted by molar-refractivity contribution is -0.135. The fraction of sp³-hybridized carbons (Fsp3) is 0.800. The molecule has 0 bridgehead atoms. The highest BCUT2D eigenvalue weighted by Gasteiger charge is 2.59. The first-order valence-corrected chi connectivity index (χ1v) is 11.3. The van der Waals surface area contributed by atoms with Crippen molar-refractivity contribution in [3.8, 4) is 0 Å². The lowest BCUT2D eigenvalue weighted by atomic mass is 9.46. The van der Waals surface area contributed by atoms with Gasteiger partial charge in [0.25, 0.3) is 0 Å². The molecule has 1 unspecified atom stereocenters. The van der Waals surface area contributed by atoms with Crippen molar-refractivity contribution in [2.75, 3.05) is 6.61 Å². The van der Waals surface area contributed by atoms with Crippen LogP contribution in [0.1, 0.15) is 79.1 Å². The minimum Gasteiger partial charge on any atom is -0.371 e. The molecule has 0 spiro atoms. The van der Waals surface area contributed by atoms with Gasteiger partial charge in [-0.05, 0) is 93.8 Å². The zero-order chi connectivity index (χ0) is 19.4. The molecule has 0 aromatic rings. The second kappa shape index (κ2) is 6.87. The predicted octanol–water partition coefficient (Wildman–Crippen LogP) is 6.12. The summed E-state index contributed by atoms with van der Waals surface area (Å²) in [7, 11) is 0. The van der Waals surface area contributed by atoms with E-state index in [1.165, 1.54) is 50.5 Å². The Hall–Kier alpha value is -0.890. The SMILES string of the molecule is C=C1C=C2CC[C@@H]3C(CC[C@]4(C)[C@@H](C(=O)COC(C)C)CC[C@@H]34)[C@@]2(C)CC1. The third kappa shape index (κ3) is 3.07. The molecule has 0 amide bonds. The first-order valence-electron chi connectivity index (χ1n) is 11.3. The molecule has 0 radical (unpaired) electrons. The lowest BCUT2D eigenvalue weighted by Gasteiger charge is -2.58. The fourth-order valence-corrected chi connectivity index (χ4v) is 7.53. The molecule has 2 nitrogen and oxygen atoms in total. The molecular formula is C25H38O2. The Bertz CT molecular complexity index is 659. The Morgan fingerprint density at radius 2 is 1.93 bits per heavy atom. The van der Waals surface area contributed by atoms with E-state index in [4.69, 9.17) is 4.74 Å². The fourth-order valence-electron chi connectivity index (χ4n) is 7.53. The number of hydrogen-bond acceptors (Lipinski definition) is 2. The minimum absolute atomic E-state index is 0.138. The van der Waals surface area contributed by atoms with Crippen molar-refractivity contribution in [1.29, 1.82) is 0 Å². The van der Waals surface area contributed by atoms with Crippen molar-refractivity contribution in [1.82, 2.24) is 0 Å². The van der Waals surface area contributed by atoms with Gasteiger partial charge in [0.05, 0.1) is 6.10 Å². The number of Topliss-reactive ketones (excluding diaryl/α,β-unsaturated/α-hetero) is 1. The maximum Gasteiger partial charge on any atom is 0.162 e. The van der Waals surface area contributed by atoms with Crippen LogP contribution in [0, 0.1) is 34.5 Å². The molecule has 0 saturated heterocycles. The highest BCUT2D eigenvalue weighted by molar-refractivity contribution is 5.83. The molecule has 0 aromatic carbocycles. The number of allylic oxidation sites excluding steroid dienone is 3. The number of rotatable bonds is 4. The summed E-state index contributed by atoms with van der Waals surface area (Å²) in [5.74, 6) is 2.93. The van der Waals surface area contributed by atoms with Gasteiger partial charge in [0, 0.05) is 5.92 Å². The number of carbonyl (C=O) groups is 1. The molecule has 3 saturated carbocycles. The van der Waals surface area contributed by atoms with E-state index in [-0.39, 0.29) is 17.4 Å². The van der Waals surface area contributed by atoms with Crippen molar-refractivity contribution in [3.05, 3.63) is 23.8 Å². The first-order chi connectivity index (χ1) is 12.8. The summed E-state index contributed by atoms with van der Waals surface area (Å²) >= 11 is 0. The molecule has 0 aliphatic heterocycles. The zero-order valence-electron chi connectivity index (χ0n) is 17.9. The monoisotopic (exact) mass is 370 g/mol. The molecule has 4 aliphatic rings. The normalized spacial score (nSPS) is 43.7. The van der Waals surface area contributed by atoms with Gasteiger partial charge in [0.1, 0.15) is 6.61 Å². The second-order valence-corrected chi connectivity index (χ2v) is 10.7. The highest BCUT2D eigenvalue weighted by atomic mass is 16.5. The van der Waals surface area contributed by atoms with Gasteiger partial charge in [-0.25, -0.2) is 0 Å². The van der Waals surface area contributed by atoms with E-state index < -0.39 is 0 Å². The number of ketones is 1. The number of carbonyl (C=O) groups excluding carboxylic acids is 1. The van der Waals surface area contributed by atoms with Gasteiger partial charge in [-0.1, -0.05) is 37.6 Å². The van der Waals surface area contributed by atoms with E-state index in [9.17, 15) is 4.79 Å². The van der Waals surface area contributed by atoms with Crippen molar-refractivity contribution in [2.45, 2.75) is 85.2 Å². The molecule has 3 fully saturated rings. The molecule has 0 N–H and O–H groups in total. The Labute approximate surface area is 165 Å². The smallest absolute Gasteiger partial charge is 0.162 e. The van der Waals surface area contributed by atoms with Crippen molar-refractivity contribution >= 4 is 5.78 Å². The van der Waals surface area contributed by atoms with Crippen LogP contribution in [-0.2, 0) is 9.53 Å². The maximum absolute atomic E-state index is 13.0. The van der Waals surface area contributed by atoms with Gasteiger partial charge in [0.2, 0.25) is 0 Å². The first kappa shape index (κ1) is 19.4. The number of hydrogen-bond donors (Lipinski definition) is 0. The van der Waals surface area contributed by atoms with Crippen LogP contribution in [0.25, 0.3) is 0 Å². The summed E-state index contributed by atoms with van der Waals surface area (Å²) in [5, 5.41) is 0. The van der Waals surface area contributed by atoms with Crippen LogP contribution in [0.4, 0.5) is 0 Å². The van der Waals surface area contributed by atoms with Crippen LogP contribution in [0.15, 0.2) is 23.8 Å². The standard InChI is InChI=1S/C25H38O2/c1-16(2)27-15-23(26)22-9-8-20-19-7-6-18-14-17(3)10-12-24(18,4)21(19)11-13-25(20,22)5/h14,16,19-22H,3,6-13,15H2,1-2,4-5H3/t19-,20-,21?,22+,24-,25-/m0/s1. The van der Waals surface area contributed by atoms with E-state index >= 15 is 0 Å². The average Bonchev–Trinajstić information content (AvgIpc) is 2.97. The van der Waals surface area contributed by atoms with E-state index in [1.54, 1.807) is 5.57 Å². The second-order valence-electron chi connectivity index (χ2n) is 10.7. The molecule has 6 atom stereocenters. The Kier molecular flexibility index (Phi) is 4.94. The summed E-state index contributed by atoms with van der Waals surface area (Å²) in [5.41, 5.74) is 3.60. The predicted molar refractivity (Wildman–Crippen MR) is 110 cm³/mol. The van der Waals surface area contributed by atoms with Gasteiger partial charge in [0.15, 0.2) is 5.78 Å². The Morgan fingerprint density at radius 3 is 2.67 bits per heavy atom. The lowest BCUT2D eigenvalue weighted by Crippen LogP contribution is -2.51. The van der Waals surface area contributed by atoms with Gasteiger partial charge in [-0.3, -0.25) is 4.79 Å². The third-order valence-electron chi connectivity index (χ3n) is 9.03. The van der Waals surface area contributed by atoms with E-state index in [2.05, 4.69) is 26.5 Å². The summed E-state index contributed by atoms with van der Waals surface area (Å²) in [6, 6.07) is 0. The molecular weight excluding hydrogens is 332 g/mol. The molecule has 150 valence electrons. The van der Waals surface area contributed by atoms with Gasteiger partial charge < -0.3 is 4.74 Å². The minimum atomic E-state index is 0.138. The van der Waals surface area contributed by atoms with Crippen LogP contribution < -0.4 is 0 Å². The highest BCUT2D eigenvalue weighted by Crippen LogP contribution is 2.66. The quantitative estimate of drug-likeness (QED) is 0.596. The van der Waals surface area contributed by atoms with E-state index in [0.29, 0.717) is 17.8 Å². The van der Waals surface area contributed by atoms with Crippen molar-refractivity contribution in [3.63, 3.8) is 0 Å². The molecule has 4 rings (SSSR count). The molecule has 0 aromatic heterocycles. The van der Waals surface area contributed by atoms with Gasteiger partial charge >= 0.3 is 0 Å². The van der Waals surface area contributed by atoms with E-state index in [1.807, 2.05) is 13.8 Å². The van der Waals surface area contributed by atoms with E-state index in [0.717, 1.165) is 24.2 Å². The van der Waals surface area contributed by atoms with Crippen LogP contribution in [0.2, 0.25) is 0 Å². The van der Waals surface area contributed by atoms with Crippen molar-refractivity contribution < 1.29 is 9.53 Å². The average molecular weight is 371 g/mol. The summed E-state index contributed by atoms with van der Waals surface area (Å²) < 4.78 is 5.68. The van der Waals surface area contributed by atoms with Crippen LogP contribution in [0.3, 0.4) is 0 Å². The van der Waals surface area contributed by atoms with Crippen LogP contribution >= 0.6 is 0 Å². The maximum atomic E-state index is 13.0. The number of fused-ring (bicyclic) bond motifs is 5. The molecule has 4 aliphatic carbocycles. The molecule has 2 heteroatoms. The summed E-state index contributed by atoms with van der Waals surface area (Å²) in [4.78, 5) is 13.0. The summed E-state index contributed by atoms with van der Waals surface area (Å²) in [6.45, 7) is 13.6.